The standard InChI is InChI=1S/C21H20N4O3S/c1-13-3-2-10-24(12-13)19-18(14-4-8-16(9-5-14)25(27)28)17(11-22)20(29)23-21(19,26)15-6-7-15/h2-5,8-10,12,15,18-19,23,26H,6-7H2,1H3. The Kier molecular flexibility index (Phi) is 4.73. The molecule has 1 fully saturated rings. The van der Waals surface area contributed by atoms with Gasteiger partial charge in [0.2, 0.25) is 11.8 Å². The maximum absolute atomic E-state index is 11.7. The van der Waals surface area contributed by atoms with Gasteiger partial charge in [-0.15, -0.1) is 0 Å². The third kappa shape index (κ3) is 3.33. The van der Waals surface area contributed by atoms with Crippen molar-refractivity contribution in [3.8, 4) is 6.07 Å². The van der Waals surface area contributed by atoms with Gasteiger partial charge < -0.3 is 23.1 Å². The minimum Gasteiger partial charge on any atom is -0.762 e. The van der Waals surface area contributed by atoms with Crippen LogP contribution in [0.15, 0.2) is 59.4 Å². The number of aliphatic hydroxyl groups is 1. The van der Waals surface area contributed by atoms with E-state index in [1.807, 2.05) is 36.0 Å². The summed E-state index contributed by atoms with van der Waals surface area (Å²) in [6, 6.07) is 11.7. The second kappa shape index (κ2) is 7.10. The molecule has 4 rings (SSSR count). The first kappa shape index (κ1) is 19.3. The molecule has 1 aliphatic heterocycles. The maximum atomic E-state index is 11.7. The molecule has 0 radical (unpaired) electrons. The number of nitro benzene ring substituents is 1. The van der Waals surface area contributed by atoms with Gasteiger partial charge in [0, 0.05) is 35.3 Å². The smallest absolute Gasteiger partial charge is 0.269 e. The monoisotopic (exact) mass is 408 g/mol. The Morgan fingerprint density at radius 1 is 1.34 bits per heavy atom. The van der Waals surface area contributed by atoms with E-state index in [9.17, 15) is 20.5 Å². The van der Waals surface area contributed by atoms with E-state index in [0.717, 1.165) is 18.4 Å². The molecule has 2 aromatic rings. The van der Waals surface area contributed by atoms with Crippen LogP contribution in [0.3, 0.4) is 0 Å². The first-order valence-electron chi connectivity index (χ1n) is 9.38. The van der Waals surface area contributed by atoms with Crippen molar-refractivity contribution in [1.82, 2.24) is 5.32 Å². The lowest BCUT2D eigenvalue weighted by atomic mass is 9.76. The van der Waals surface area contributed by atoms with Crippen LogP contribution in [0, 0.1) is 34.3 Å². The van der Waals surface area contributed by atoms with E-state index in [1.54, 1.807) is 12.1 Å². The van der Waals surface area contributed by atoms with Gasteiger partial charge >= 0.3 is 0 Å². The number of benzene rings is 1. The molecule has 0 amide bonds. The fourth-order valence-electron chi connectivity index (χ4n) is 4.20. The molecular formula is C21H20N4O3S. The molecule has 7 nitrogen and oxygen atoms in total. The number of nitrogens with one attached hydrogen (secondary N) is 1. The van der Waals surface area contributed by atoms with Gasteiger partial charge in [-0.25, -0.2) is 0 Å². The number of nitriles is 1. The summed E-state index contributed by atoms with van der Waals surface area (Å²) in [5.41, 5.74) is 0.718. The number of aromatic nitrogens is 1. The predicted octanol–water partition coefficient (Wildman–Crippen LogP) is 2.50. The molecule has 8 heteroatoms. The van der Waals surface area contributed by atoms with Gasteiger partial charge in [-0.3, -0.25) is 10.1 Å². The minimum absolute atomic E-state index is 0.0132. The van der Waals surface area contributed by atoms with Gasteiger partial charge in [-0.1, -0.05) is 17.2 Å². The van der Waals surface area contributed by atoms with Gasteiger partial charge in [0.15, 0.2) is 12.4 Å². The lowest BCUT2D eigenvalue weighted by molar-refractivity contribution is -0.742. The number of non-ortho nitro benzene ring substituents is 1. The third-order valence-corrected chi connectivity index (χ3v) is 6.03. The molecule has 0 bridgehead atoms. The van der Waals surface area contributed by atoms with Gasteiger partial charge in [0.1, 0.15) is 0 Å². The van der Waals surface area contributed by atoms with Crippen molar-refractivity contribution in [3.63, 3.8) is 0 Å². The van der Waals surface area contributed by atoms with Crippen LogP contribution in [-0.2, 0) is 12.6 Å². The van der Waals surface area contributed by atoms with Crippen molar-refractivity contribution in [3.05, 3.63) is 80.6 Å². The fraction of sp³-hybridized carbons (Fsp3) is 0.333. The van der Waals surface area contributed by atoms with Crippen molar-refractivity contribution in [2.75, 3.05) is 0 Å². The second-order valence-electron chi connectivity index (χ2n) is 7.68. The summed E-state index contributed by atoms with van der Waals surface area (Å²) >= 11 is 5.45. The molecule has 3 atom stereocenters. The molecule has 2 aliphatic rings. The van der Waals surface area contributed by atoms with Crippen molar-refractivity contribution in [1.29, 1.82) is 5.26 Å². The van der Waals surface area contributed by atoms with Gasteiger partial charge in [-0.2, -0.15) is 9.83 Å². The summed E-state index contributed by atoms with van der Waals surface area (Å²) in [5, 5.41) is 35.9. The SMILES string of the molecule is Cc1ccc[n+](C2C(c3ccc([N+](=O)[O-])cc3)C(C#N)=C([S-])NC2(O)C2CC2)c1. The Hall–Kier alpha value is -3.02. The molecule has 1 saturated carbocycles. The number of pyridine rings is 1. The number of hydrogen-bond acceptors (Lipinski definition) is 6. The molecular weight excluding hydrogens is 388 g/mol. The Labute approximate surface area is 173 Å². The van der Waals surface area contributed by atoms with Crippen molar-refractivity contribution in [2.45, 2.75) is 37.5 Å². The van der Waals surface area contributed by atoms with E-state index < -0.39 is 22.6 Å². The Bertz CT molecular complexity index is 1040. The number of aryl methyl sites for hydroxylation is 1. The summed E-state index contributed by atoms with van der Waals surface area (Å²) in [7, 11) is 0. The molecule has 3 unspecified atom stereocenters. The summed E-state index contributed by atoms with van der Waals surface area (Å²) in [6.45, 7) is 1.96. The summed E-state index contributed by atoms with van der Waals surface area (Å²) < 4.78 is 1.92. The van der Waals surface area contributed by atoms with E-state index >= 15 is 0 Å². The normalized spacial score (nSPS) is 26.5. The van der Waals surface area contributed by atoms with Crippen molar-refractivity contribution < 1.29 is 14.6 Å². The first-order valence-corrected chi connectivity index (χ1v) is 9.79. The topological polar surface area (TPSA) is 103 Å². The summed E-state index contributed by atoms with van der Waals surface area (Å²) in [6.07, 6.45) is 5.53. The van der Waals surface area contributed by atoms with Crippen LogP contribution in [0.4, 0.5) is 5.69 Å². The average Bonchev–Trinajstić information content (AvgIpc) is 3.53. The Balaban J connectivity index is 1.92. The van der Waals surface area contributed by atoms with Crippen LogP contribution in [0.1, 0.15) is 35.9 Å². The van der Waals surface area contributed by atoms with Gasteiger partial charge in [0.05, 0.1) is 16.9 Å². The van der Waals surface area contributed by atoms with Crippen molar-refractivity contribution >= 4 is 18.3 Å². The average molecular weight is 408 g/mol. The molecule has 2 N–H and O–H groups in total. The molecule has 148 valence electrons. The Morgan fingerprint density at radius 2 is 2.03 bits per heavy atom. The van der Waals surface area contributed by atoms with E-state index in [0.29, 0.717) is 11.1 Å². The Morgan fingerprint density at radius 3 is 2.59 bits per heavy atom. The van der Waals surface area contributed by atoms with E-state index in [-0.39, 0.29) is 16.6 Å². The van der Waals surface area contributed by atoms with Crippen LogP contribution >= 0.6 is 0 Å². The largest absolute Gasteiger partial charge is 0.762 e. The lowest BCUT2D eigenvalue weighted by Crippen LogP contribution is -2.65. The van der Waals surface area contributed by atoms with E-state index in [4.69, 9.17) is 12.6 Å². The summed E-state index contributed by atoms with van der Waals surface area (Å²) in [5.74, 6) is -0.522. The zero-order chi connectivity index (χ0) is 20.8. The van der Waals surface area contributed by atoms with Crippen LogP contribution in [0.2, 0.25) is 0 Å². The highest BCUT2D eigenvalue weighted by Crippen LogP contribution is 2.51. The molecule has 1 aliphatic carbocycles. The number of nitro groups is 1. The molecule has 29 heavy (non-hydrogen) atoms. The summed E-state index contributed by atoms with van der Waals surface area (Å²) in [4.78, 5) is 10.6. The fourth-order valence-corrected chi connectivity index (χ4v) is 4.54. The highest BCUT2D eigenvalue weighted by molar-refractivity contribution is 7.63. The lowest BCUT2D eigenvalue weighted by Gasteiger charge is -2.45. The number of rotatable bonds is 4. The zero-order valence-electron chi connectivity index (χ0n) is 15.8. The van der Waals surface area contributed by atoms with Crippen LogP contribution in [-0.4, -0.2) is 15.8 Å². The number of allylic oxidation sites excluding steroid dienone is 1. The second-order valence-corrected chi connectivity index (χ2v) is 8.09. The zero-order valence-corrected chi connectivity index (χ0v) is 16.6. The van der Waals surface area contributed by atoms with Crippen LogP contribution in [0.5, 0.6) is 0 Å². The third-order valence-electron chi connectivity index (χ3n) is 5.71. The molecule has 0 saturated heterocycles. The molecule has 1 aromatic heterocycles. The quantitative estimate of drug-likeness (QED) is 0.349. The van der Waals surface area contributed by atoms with E-state index in [1.165, 1.54) is 12.1 Å². The molecule has 0 spiro atoms. The van der Waals surface area contributed by atoms with Crippen molar-refractivity contribution in [2.24, 2.45) is 5.92 Å². The first-order chi connectivity index (χ1) is 13.8. The number of hydrogen-bond donors (Lipinski definition) is 2. The van der Waals surface area contributed by atoms with Gasteiger partial charge in [-0.05, 0) is 31.4 Å². The highest BCUT2D eigenvalue weighted by atomic mass is 32.1. The predicted molar refractivity (Wildman–Crippen MR) is 107 cm³/mol. The van der Waals surface area contributed by atoms with Gasteiger partial charge in [0.25, 0.3) is 5.69 Å². The molecule has 2 heterocycles. The molecule has 1 aromatic carbocycles. The van der Waals surface area contributed by atoms with Crippen LogP contribution < -0.4 is 9.88 Å². The maximum Gasteiger partial charge on any atom is 0.269 e. The highest BCUT2D eigenvalue weighted by Gasteiger charge is 2.59. The minimum atomic E-state index is -1.32. The van der Waals surface area contributed by atoms with E-state index in [2.05, 4.69) is 11.4 Å². The number of nitrogens with zero attached hydrogens (tertiary/aromatic N) is 3. The van der Waals surface area contributed by atoms with Crippen LogP contribution in [0.25, 0.3) is 0 Å².